The fraction of sp³-hybridized carbons (Fsp3) is 0.333. The van der Waals surface area contributed by atoms with Crippen molar-refractivity contribution < 1.29 is 14.3 Å². The third-order valence-corrected chi connectivity index (χ3v) is 6.50. The first-order valence-corrected chi connectivity index (χ1v) is 10.8. The Labute approximate surface area is 181 Å². The summed E-state index contributed by atoms with van der Waals surface area (Å²) in [6.07, 6.45) is 2.31. The van der Waals surface area contributed by atoms with Gasteiger partial charge in [0.25, 0.3) is 11.5 Å². The topological polar surface area (TPSA) is 90.3 Å². The minimum atomic E-state index is -0.618. The number of hydrogen-bond donors (Lipinski definition) is 1. The van der Waals surface area contributed by atoms with Gasteiger partial charge in [-0.05, 0) is 43.0 Å². The summed E-state index contributed by atoms with van der Waals surface area (Å²) in [7, 11) is 0. The van der Waals surface area contributed by atoms with Gasteiger partial charge in [-0.1, -0.05) is 23.7 Å². The molecule has 156 valence electrons. The van der Waals surface area contributed by atoms with Crippen LogP contribution in [0.4, 0.5) is 0 Å². The second-order valence-corrected chi connectivity index (χ2v) is 8.56. The number of halogens is 1. The van der Waals surface area contributed by atoms with E-state index in [-0.39, 0.29) is 18.1 Å². The van der Waals surface area contributed by atoms with Crippen molar-refractivity contribution in [2.24, 2.45) is 0 Å². The molecule has 0 fully saturated rings. The van der Waals surface area contributed by atoms with Crippen LogP contribution in [0.15, 0.2) is 29.1 Å². The molecule has 4 rings (SSSR count). The average molecular weight is 446 g/mol. The number of benzene rings is 1. The Bertz CT molecular complexity index is 1180. The number of hydrogen-bond acceptors (Lipinski definition) is 6. The van der Waals surface area contributed by atoms with Crippen LogP contribution >= 0.6 is 22.9 Å². The molecule has 1 aliphatic rings. The first kappa shape index (κ1) is 20.6. The standard InChI is InChI=1S/C21H20ClN3O4S/c1-12-17-19(24-15-3-2-10-25(15)20(17)27)30-18(12)21(28)29-11-16(26)23-9-8-13-4-6-14(22)7-5-13/h4-7H,2-3,8-11H2,1H3,(H,23,26). The predicted molar refractivity (Wildman–Crippen MR) is 115 cm³/mol. The van der Waals surface area contributed by atoms with E-state index in [1.165, 1.54) is 0 Å². The summed E-state index contributed by atoms with van der Waals surface area (Å²) in [5.74, 6) is -0.241. The molecule has 30 heavy (non-hydrogen) atoms. The number of aromatic nitrogens is 2. The summed E-state index contributed by atoms with van der Waals surface area (Å²) in [6.45, 7) is 2.41. The molecule has 1 amide bonds. The van der Waals surface area contributed by atoms with Crippen molar-refractivity contribution in [1.82, 2.24) is 14.9 Å². The van der Waals surface area contributed by atoms with Gasteiger partial charge in [0.15, 0.2) is 6.61 Å². The molecule has 0 saturated heterocycles. The monoisotopic (exact) mass is 445 g/mol. The van der Waals surface area contributed by atoms with E-state index < -0.39 is 5.97 Å². The summed E-state index contributed by atoms with van der Waals surface area (Å²) in [6, 6.07) is 7.38. The van der Waals surface area contributed by atoms with E-state index >= 15 is 0 Å². The molecule has 0 spiro atoms. The van der Waals surface area contributed by atoms with Crippen LogP contribution < -0.4 is 10.9 Å². The Morgan fingerprint density at radius 3 is 2.83 bits per heavy atom. The lowest BCUT2D eigenvalue weighted by atomic mass is 10.1. The second kappa shape index (κ2) is 8.57. The number of carbonyl (C=O) groups is 2. The van der Waals surface area contributed by atoms with Gasteiger partial charge in [-0.3, -0.25) is 14.2 Å². The van der Waals surface area contributed by atoms with E-state index in [2.05, 4.69) is 10.3 Å². The highest BCUT2D eigenvalue weighted by atomic mass is 35.5. The van der Waals surface area contributed by atoms with Gasteiger partial charge >= 0.3 is 5.97 Å². The summed E-state index contributed by atoms with van der Waals surface area (Å²) in [4.78, 5) is 42.6. The predicted octanol–water partition coefficient (Wildman–Crippen LogP) is 2.88. The molecular weight excluding hydrogens is 426 g/mol. The molecule has 3 aromatic rings. The molecule has 1 aromatic carbocycles. The number of amides is 1. The Morgan fingerprint density at radius 2 is 2.07 bits per heavy atom. The maximum absolute atomic E-state index is 12.7. The molecule has 3 heterocycles. The summed E-state index contributed by atoms with van der Waals surface area (Å²) in [5.41, 5.74) is 1.49. The van der Waals surface area contributed by atoms with Gasteiger partial charge in [0.1, 0.15) is 15.5 Å². The van der Waals surface area contributed by atoms with Gasteiger partial charge in [0.05, 0.1) is 5.39 Å². The molecule has 0 aliphatic carbocycles. The Kier molecular flexibility index (Phi) is 5.87. The molecule has 7 nitrogen and oxygen atoms in total. The van der Waals surface area contributed by atoms with Crippen LogP contribution in [0.25, 0.3) is 10.2 Å². The molecule has 0 unspecified atom stereocenters. The Hall–Kier alpha value is -2.71. The SMILES string of the molecule is Cc1c(C(=O)OCC(=O)NCCc2ccc(Cl)cc2)sc2nc3n(c(=O)c12)CCC3. The maximum atomic E-state index is 12.7. The number of nitrogens with one attached hydrogen (secondary N) is 1. The van der Waals surface area contributed by atoms with Crippen molar-refractivity contribution in [3.05, 3.63) is 61.5 Å². The van der Waals surface area contributed by atoms with Crippen LogP contribution in [-0.2, 0) is 28.9 Å². The minimum absolute atomic E-state index is 0.111. The van der Waals surface area contributed by atoms with E-state index in [4.69, 9.17) is 16.3 Å². The van der Waals surface area contributed by atoms with Gasteiger partial charge in [0.2, 0.25) is 0 Å². The molecule has 9 heteroatoms. The lowest BCUT2D eigenvalue weighted by molar-refractivity contribution is -0.124. The summed E-state index contributed by atoms with van der Waals surface area (Å²) < 4.78 is 6.84. The average Bonchev–Trinajstić information content (AvgIpc) is 3.33. The number of fused-ring (bicyclic) bond motifs is 2. The number of ether oxygens (including phenoxy) is 1. The molecular formula is C21H20ClN3O4S. The van der Waals surface area contributed by atoms with Crippen molar-refractivity contribution in [3.8, 4) is 0 Å². The lowest BCUT2D eigenvalue weighted by Crippen LogP contribution is -2.30. The quantitative estimate of drug-likeness (QED) is 0.589. The van der Waals surface area contributed by atoms with Gasteiger partial charge < -0.3 is 10.1 Å². The highest BCUT2D eigenvalue weighted by molar-refractivity contribution is 7.20. The lowest BCUT2D eigenvalue weighted by Gasteiger charge is -2.06. The zero-order chi connectivity index (χ0) is 21.3. The molecule has 1 aliphatic heterocycles. The van der Waals surface area contributed by atoms with Gasteiger partial charge in [-0.25, -0.2) is 9.78 Å². The van der Waals surface area contributed by atoms with Gasteiger partial charge in [-0.2, -0.15) is 0 Å². The van der Waals surface area contributed by atoms with Crippen LogP contribution in [-0.4, -0.2) is 34.6 Å². The summed E-state index contributed by atoms with van der Waals surface area (Å²) in [5, 5.41) is 3.85. The molecule has 0 saturated carbocycles. The Morgan fingerprint density at radius 1 is 1.30 bits per heavy atom. The number of rotatable bonds is 6. The number of thiophene rings is 1. The molecule has 0 bridgehead atoms. The number of carbonyl (C=O) groups excluding carboxylic acids is 2. The molecule has 2 aromatic heterocycles. The molecule has 0 radical (unpaired) electrons. The van der Waals surface area contributed by atoms with Crippen molar-refractivity contribution in [3.63, 3.8) is 0 Å². The van der Waals surface area contributed by atoms with E-state index in [1.807, 2.05) is 12.1 Å². The van der Waals surface area contributed by atoms with Gasteiger partial charge in [-0.15, -0.1) is 11.3 Å². The highest BCUT2D eigenvalue weighted by Crippen LogP contribution is 2.29. The zero-order valence-electron chi connectivity index (χ0n) is 16.4. The number of aryl methyl sites for hydroxylation is 2. The number of nitrogens with zero attached hydrogens (tertiary/aromatic N) is 2. The fourth-order valence-electron chi connectivity index (χ4n) is 3.52. The van der Waals surface area contributed by atoms with Crippen molar-refractivity contribution >= 4 is 45.0 Å². The highest BCUT2D eigenvalue weighted by Gasteiger charge is 2.24. The first-order valence-electron chi connectivity index (χ1n) is 9.65. The van der Waals surface area contributed by atoms with Crippen molar-refractivity contribution in [1.29, 1.82) is 0 Å². The van der Waals surface area contributed by atoms with E-state index in [0.29, 0.717) is 45.2 Å². The van der Waals surface area contributed by atoms with Crippen LogP contribution in [0.5, 0.6) is 0 Å². The Balaban J connectivity index is 1.36. The minimum Gasteiger partial charge on any atom is -0.451 e. The summed E-state index contributed by atoms with van der Waals surface area (Å²) >= 11 is 6.99. The smallest absolute Gasteiger partial charge is 0.349 e. The van der Waals surface area contributed by atoms with E-state index in [0.717, 1.165) is 35.6 Å². The van der Waals surface area contributed by atoms with E-state index in [9.17, 15) is 14.4 Å². The number of esters is 1. The van der Waals surface area contributed by atoms with Crippen molar-refractivity contribution in [2.75, 3.05) is 13.2 Å². The largest absolute Gasteiger partial charge is 0.451 e. The zero-order valence-corrected chi connectivity index (χ0v) is 17.9. The first-order chi connectivity index (χ1) is 14.4. The van der Waals surface area contributed by atoms with Crippen LogP contribution in [0.3, 0.4) is 0 Å². The fourth-order valence-corrected chi connectivity index (χ4v) is 4.73. The van der Waals surface area contributed by atoms with Crippen LogP contribution in [0.2, 0.25) is 5.02 Å². The van der Waals surface area contributed by atoms with Crippen LogP contribution in [0, 0.1) is 6.92 Å². The molecule has 0 atom stereocenters. The second-order valence-electron chi connectivity index (χ2n) is 7.13. The maximum Gasteiger partial charge on any atom is 0.349 e. The third kappa shape index (κ3) is 4.11. The normalized spacial score (nSPS) is 12.7. The van der Waals surface area contributed by atoms with Gasteiger partial charge in [0, 0.05) is 24.5 Å². The van der Waals surface area contributed by atoms with E-state index in [1.54, 1.807) is 23.6 Å². The van der Waals surface area contributed by atoms with Crippen LogP contribution in [0.1, 0.15) is 33.0 Å². The molecule has 1 N–H and O–H groups in total. The van der Waals surface area contributed by atoms with Crippen molar-refractivity contribution in [2.45, 2.75) is 32.7 Å². The third-order valence-electron chi connectivity index (χ3n) is 5.08.